The summed E-state index contributed by atoms with van der Waals surface area (Å²) in [6, 6.07) is 12.4. The summed E-state index contributed by atoms with van der Waals surface area (Å²) >= 11 is 6.19. The molecule has 0 aromatic heterocycles. The SMILES string of the molecule is Cc1cc(C(=O)NC[C@H](NC(=O)c2ccc(C(=O)NCc3cccc(O)c3)cc2Cl)C(=O)O)cc([N+](=O)[O-])c1. The Morgan fingerprint density at radius 2 is 1.67 bits per heavy atom. The number of nitrogens with zero attached hydrogens (tertiary/aromatic N) is 1. The molecule has 0 spiro atoms. The zero-order valence-corrected chi connectivity index (χ0v) is 21.2. The summed E-state index contributed by atoms with van der Waals surface area (Å²) in [5, 5.41) is 37.2. The summed E-state index contributed by atoms with van der Waals surface area (Å²) in [4.78, 5) is 59.7. The van der Waals surface area contributed by atoms with Gasteiger partial charge in [-0.15, -0.1) is 0 Å². The van der Waals surface area contributed by atoms with E-state index in [1.807, 2.05) is 0 Å². The van der Waals surface area contributed by atoms with E-state index in [2.05, 4.69) is 16.0 Å². The van der Waals surface area contributed by atoms with Crippen molar-refractivity contribution in [3.05, 3.63) is 104 Å². The molecule has 3 aromatic rings. The van der Waals surface area contributed by atoms with Crippen LogP contribution in [0.4, 0.5) is 5.69 Å². The van der Waals surface area contributed by atoms with Crippen molar-refractivity contribution >= 4 is 41.0 Å². The van der Waals surface area contributed by atoms with Gasteiger partial charge in [-0.1, -0.05) is 23.7 Å². The molecule has 3 rings (SSSR count). The molecule has 0 unspecified atom stereocenters. The second-order valence-corrected chi connectivity index (χ2v) is 8.84. The molecular formula is C26H23ClN4O8. The van der Waals surface area contributed by atoms with Crippen LogP contribution in [-0.2, 0) is 11.3 Å². The number of nitro groups is 1. The summed E-state index contributed by atoms with van der Waals surface area (Å²) in [6.45, 7) is 1.18. The van der Waals surface area contributed by atoms with Crippen LogP contribution in [0.25, 0.3) is 0 Å². The first-order valence-electron chi connectivity index (χ1n) is 11.4. The van der Waals surface area contributed by atoms with Gasteiger partial charge in [-0.05, 0) is 54.4 Å². The fourth-order valence-electron chi connectivity index (χ4n) is 3.52. The monoisotopic (exact) mass is 554 g/mol. The number of carboxylic acids is 1. The summed E-state index contributed by atoms with van der Waals surface area (Å²) in [5.41, 5.74) is 0.827. The highest BCUT2D eigenvalue weighted by Gasteiger charge is 2.24. The molecule has 0 saturated heterocycles. The number of carboxylic acid groups (broad SMARTS) is 1. The van der Waals surface area contributed by atoms with Crippen LogP contribution in [-0.4, -0.2) is 51.4 Å². The van der Waals surface area contributed by atoms with Crippen LogP contribution in [0.15, 0.2) is 60.7 Å². The molecule has 5 N–H and O–H groups in total. The number of amides is 3. The van der Waals surface area contributed by atoms with Gasteiger partial charge in [0.15, 0.2) is 0 Å². The molecule has 3 amide bonds. The summed E-state index contributed by atoms with van der Waals surface area (Å²) in [5.74, 6) is -3.51. The molecule has 0 aliphatic rings. The number of aryl methyl sites for hydroxylation is 1. The van der Waals surface area contributed by atoms with Gasteiger partial charge in [-0.25, -0.2) is 4.79 Å². The molecule has 1 atom stereocenters. The number of hydrogen-bond donors (Lipinski definition) is 5. The van der Waals surface area contributed by atoms with Gasteiger partial charge in [0.2, 0.25) is 0 Å². The minimum atomic E-state index is -1.55. The van der Waals surface area contributed by atoms with Crippen LogP contribution in [0, 0.1) is 17.0 Å². The van der Waals surface area contributed by atoms with Crippen molar-refractivity contribution in [2.75, 3.05) is 6.54 Å². The fraction of sp³-hybridized carbons (Fsp3) is 0.154. The van der Waals surface area contributed by atoms with Crippen LogP contribution < -0.4 is 16.0 Å². The van der Waals surface area contributed by atoms with Gasteiger partial charge in [0.05, 0.1) is 15.5 Å². The Labute approximate surface area is 226 Å². The van der Waals surface area contributed by atoms with Crippen molar-refractivity contribution in [3.63, 3.8) is 0 Å². The second kappa shape index (κ2) is 12.5. The lowest BCUT2D eigenvalue weighted by Gasteiger charge is -2.16. The molecule has 0 radical (unpaired) electrons. The molecule has 3 aromatic carbocycles. The highest BCUT2D eigenvalue weighted by Crippen LogP contribution is 2.19. The van der Waals surface area contributed by atoms with Crippen LogP contribution in [0.1, 0.15) is 42.2 Å². The zero-order chi connectivity index (χ0) is 28.7. The average Bonchev–Trinajstić information content (AvgIpc) is 2.88. The highest BCUT2D eigenvalue weighted by molar-refractivity contribution is 6.34. The summed E-state index contributed by atoms with van der Waals surface area (Å²) < 4.78 is 0. The number of nitro benzene ring substituents is 1. The van der Waals surface area contributed by atoms with E-state index in [9.17, 15) is 39.5 Å². The molecule has 0 aliphatic carbocycles. The maximum Gasteiger partial charge on any atom is 0.328 e. The number of halogens is 1. The number of benzene rings is 3. The Kier molecular flexibility index (Phi) is 9.18. The third-order valence-corrected chi connectivity index (χ3v) is 5.76. The number of hydrogen-bond acceptors (Lipinski definition) is 7. The smallest absolute Gasteiger partial charge is 0.328 e. The topological polar surface area (TPSA) is 188 Å². The van der Waals surface area contributed by atoms with Gasteiger partial charge in [-0.3, -0.25) is 24.5 Å². The molecular weight excluding hydrogens is 532 g/mol. The van der Waals surface area contributed by atoms with E-state index in [0.29, 0.717) is 11.1 Å². The molecule has 0 bridgehead atoms. The summed E-state index contributed by atoms with van der Waals surface area (Å²) in [6.07, 6.45) is 0. The molecule has 12 nitrogen and oxygen atoms in total. The predicted molar refractivity (Wildman–Crippen MR) is 140 cm³/mol. The maximum absolute atomic E-state index is 12.7. The first-order valence-corrected chi connectivity index (χ1v) is 11.8. The lowest BCUT2D eigenvalue weighted by molar-refractivity contribution is -0.384. The van der Waals surface area contributed by atoms with Crippen LogP contribution in [0.2, 0.25) is 5.02 Å². The van der Waals surface area contributed by atoms with E-state index in [4.69, 9.17) is 11.6 Å². The Balaban J connectivity index is 1.63. The molecule has 0 saturated carbocycles. The van der Waals surface area contributed by atoms with Crippen molar-refractivity contribution in [1.29, 1.82) is 0 Å². The predicted octanol–water partition coefficient (Wildman–Crippen LogP) is 2.81. The molecule has 202 valence electrons. The van der Waals surface area contributed by atoms with Crippen LogP contribution in [0.3, 0.4) is 0 Å². The number of aliphatic carboxylic acids is 1. The fourth-order valence-corrected chi connectivity index (χ4v) is 3.79. The number of carbonyl (C=O) groups excluding carboxylic acids is 3. The van der Waals surface area contributed by atoms with E-state index in [1.165, 1.54) is 42.5 Å². The normalized spacial score (nSPS) is 11.2. The van der Waals surface area contributed by atoms with E-state index >= 15 is 0 Å². The first kappa shape index (κ1) is 28.6. The summed E-state index contributed by atoms with van der Waals surface area (Å²) in [7, 11) is 0. The lowest BCUT2D eigenvalue weighted by atomic mass is 10.1. The van der Waals surface area contributed by atoms with Gasteiger partial charge >= 0.3 is 5.97 Å². The highest BCUT2D eigenvalue weighted by atomic mass is 35.5. The molecule has 39 heavy (non-hydrogen) atoms. The van der Waals surface area contributed by atoms with E-state index in [-0.39, 0.29) is 39.7 Å². The standard InChI is InChI=1S/C26H23ClN4O8/c1-14-7-17(10-18(8-14)31(38)39)24(34)29-13-22(26(36)37)30-25(35)20-6-5-16(11-21(20)27)23(33)28-12-15-3-2-4-19(32)9-15/h2-11,22,32H,12-13H2,1H3,(H,28,33)(H,29,34)(H,30,35)(H,36,37)/t22-/m0/s1. The number of phenols is 1. The van der Waals surface area contributed by atoms with Crippen molar-refractivity contribution in [2.45, 2.75) is 19.5 Å². The largest absolute Gasteiger partial charge is 0.508 e. The third-order valence-electron chi connectivity index (χ3n) is 5.44. The third kappa shape index (κ3) is 7.76. The number of aromatic hydroxyl groups is 1. The Hall–Kier alpha value is -4.97. The van der Waals surface area contributed by atoms with E-state index in [1.54, 1.807) is 19.1 Å². The second-order valence-electron chi connectivity index (χ2n) is 8.44. The van der Waals surface area contributed by atoms with Crippen molar-refractivity contribution in [1.82, 2.24) is 16.0 Å². The van der Waals surface area contributed by atoms with E-state index in [0.717, 1.165) is 6.07 Å². The van der Waals surface area contributed by atoms with Crippen LogP contribution in [0.5, 0.6) is 5.75 Å². The van der Waals surface area contributed by atoms with Crippen molar-refractivity contribution < 1.29 is 34.3 Å². The molecule has 0 heterocycles. The lowest BCUT2D eigenvalue weighted by Crippen LogP contribution is -2.48. The van der Waals surface area contributed by atoms with Gasteiger partial charge in [-0.2, -0.15) is 0 Å². The Morgan fingerprint density at radius 3 is 2.31 bits per heavy atom. The van der Waals surface area contributed by atoms with Crippen molar-refractivity contribution in [2.24, 2.45) is 0 Å². The number of non-ortho nitro benzene ring substituents is 1. The number of phenolic OH excluding ortho intramolecular Hbond substituents is 1. The van der Waals surface area contributed by atoms with Gasteiger partial charge in [0.25, 0.3) is 23.4 Å². The first-order chi connectivity index (χ1) is 18.4. The minimum absolute atomic E-state index is 0.0434. The van der Waals surface area contributed by atoms with Crippen molar-refractivity contribution in [3.8, 4) is 5.75 Å². The van der Waals surface area contributed by atoms with Gasteiger partial charge < -0.3 is 26.2 Å². The van der Waals surface area contributed by atoms with Gasteiger partial charge in [0, 0.05) is 36.3 Å². The van der Waals surface area contributed by atoms with Crippen LogP contribution >= 0.6 is 11.6 Å². The number of rotatable bonds is 10. The quantitative estimate of drug-likeness (QED) is 0.187. The average molecular weight is 555 g/mol. The maximum atomic E-state index is 12.7. The van der Waals surface area contributed by atoms with Gasteiger partial charge in [0.1, 0.15) is 11.8 Å². The Bertz CT molecular complexity index is 1460. The Morgan fingerprint density at radius 1 is 0.949 bits per heavy atom. The number of carbonyl (C=O) groups is 4. The minimum Gasteiger partial charge on any atom is -0.508 e. The van der Waals surface area contributed by atoms with E-state index < -0.39 is 41.2 Å². The molecule has 0 fully saturated rings. The molecule has 0 aliphatic heterocycles. The number of nitrogens with one attached hydrogen (secondary N) is 3. The zero-order valence-electron chi connectivity index (χ0n) is 20.4. The molecule has 13 heteroatoms.